The summed E-state index contributed by atoms with van der Waals surface area (Å²) >= 11 is 0. The molecule has 592 valence electrons. The van der Waals surface area contributed by atoms with E-state index in [9.17, 15) is 0 Å². The van der Waals surface area contributed by atoms with Crippen molar-refractivity contribution in [3.05, 3.63) is 298 Å². The molecule has 8 aromatic heterocycles. The second kappa shape index (κ2) is 32.5. The Labute approximate surface area is 702 Å². The molecule has 8 nitrogen and oxygen atoms in total. The van der Waals surface area contributed by atoms with Gasteiger partial charge in [0, 0.05) is 99.3 Å². The fraction of sp³-hybridized carbons (Fsp3) is 0.339. The summed E-state index contributed by atoms with van der Waals surface area (Å²) in [6.07, 6.45) is 26.6. The van der Waals surface area contributed by atoms with Gasteiger partial charge in [0.2, 0.25) is 34.2 Å². The van der Waals surface area contributed by atoms with E-state index in [0.717, 1.165) is 96.2 Å². The molecule has 0 saturated heterocycles. The van der Waals surface area contributed by atoms with Crippen molar-refractivity contribution < 1.29 is 35.3 Å². The molecule has 117 heavy (non-hydrogen) atoms. The molecular formula is C109H118N6O2+4. The second-order valence-corrected chi connectivity index (χ2v) is 36.1. The van der Waals surface area contributed by atoms with Crippen LogP contribution in [0.3, 0.4) is 0 Å². The number of benzene rings is 7. The minimum atomic E-state index is -2.41. The molecule has 4 unspecified atom stereocenters. The molecule has 4 atom stereocenters. The molecule has 15 aromatic rings. The van der Waals surface area contributed by atoms with Gasteiger partial charge in [0.25, 0.3) is 0 Å². The molecule has 21 rings (SSSR count). The summed E-state index contributed by atoms with van der Waals surface area (Å²) < 4.78 is 70.2. The van der Waals surface area contributed by atoms with Gasteiger partial charge in [0.1, 0.15) is 28.2 Å². The molecule has 0 aliphatic heterocycles. The van der Waals surface area contributed by atoms with Crippen molar-refractivity contribution in [2.75, 3.05) is 0 Å². The van der Waals surface area contributed by atoms with E-state index in [1.807, 2.05) is 71.1 Å². The number of aromatic nitrogens is 6. The second-order valence-electron chi connectivity index (χ2n) is 36.1. The van der Waals surface area contributed by atoms with Crippen molar-refractivity contribution in [3.63, 3.8) is 0 Å². The molecule has 8 heterocycles. The molecule has 4 bridgehead atoms. The van der Waals surface area contributed by atoms with Crippen molar-refractivity contribution >= 4 is 44.1 Å². The van der Waals surface area contributed by atoms with Gasteiger partial charge in [-0.05, 0) is 294 Å². The van der Waals surface area contributed by atoms with Gasteiger partial charge in [0.15, 0.2) is 36.0 Å². The van der Waals surface area contributed by atoms with Crippen molar-refractivity contribution in [2.45, 2.75) is 184 Å². The first kappa shape index (κ1) is 71.4. The minimum absolute atomic E-state index is 0.148. The highest BCUT2D eigenvalue weighted by Crippen LogP contribution is 2.56. The lowest BCUT2D eigenvalue weighted by molar-refractivity contribution is -0.660. The zero-order valence-electron chi connectivity index (χ0n) is 77.1. The fourth-order valence-corrected chi connectivity index (χ4v) is 20.7. The Kier molecular flexibility index (Phi) is 19.8. The number of nitrogens with zero attached hydrogens (tertiary/aromatic N) is 6. The summed E-state index contributed by atoms with van der Waals surface area (Å²) in [6, 6.07) is 71.1. The summed E-state index contributed by atoms with van der Waals surface area (Å²) in [5, 5.41) is 4.06. The summed E-state index contributed by atoms with van der Waals surface area (Å²) in [4.78, 5) is 9.19. The Morgan fingerprint density at radius 1 is 0.368 bits per heavy atom. The molecule has 0 amide bonds. The Morgan fingerprint density at radius 2 is 0.838 bits per heavy atom. The number of pyridine rings is 6. The van der Waals surface area contributed by atoms with Gasteiger partial charge in [-0.3, -0.25) is 0 Å². The third-order valence-corrected chi connectivity index (χ3v) is 27.7. The van der Waals surface area contributed by atoms with Gasteiger partial charge < -0.3 is 8.83 Å². The molecule has 0 radical (unpaired) electrons. The Bertz CT molecular complexity index is 6520. The maximum absolute atomic E-state index is 8.26. The quantitative estimate of drug-likeness (QED) is 0.128. The highest BCUT2D eigenvalue weighted by molar-refractivity contribution is 6.10. The maximum Gasteiger partial charge on any atom is 0.227 e. The Balaban J connectivity index is 0.000000117. The zero-order chi connectivity index (χ0) is 86.2. The third-order valence-electron chi connectivity index (χ3n) is 27.7. The number of fused-ring (bicyclic) bond motifs is 11. The van der Waals surface area contributed by atoms with E-state index in [2.05, 4.69) is 256 Å². The predicted molar refractivity (Wildman–Crippen MR) is 482 cm³/mol. The summed E-state index contributed by atoms with van der Waals surface area (Å²) in [5.41, 5.74) is 32.5. The molecular weight excluding hydrogens is 1430 g/mol. The van der Waals surface area contributed by atoms with Gasteiger partial charge >= 0.3 is 0 Å². The van der Waals surface area contributed by atoms with Crippen LogP contribution in [0, 0.1) is 98.2 Å². The summed E-state index contributed by atoms with van der Waals surface area (Å²) in [6.45, 7) is 16.2. The standard InChI is InChI=1S/C29H29N2O.C27H31N2O.C27H30N.C26H28N/c1-16-8-10-23-24-11-9-20(5)30-29(24)32-28(23)27(16)26-14-25(19(4)15-31(26)7)22-12-17(2)21(6)18(3)13-22;1-17-6-8-21-22-9-7-18(2)28-26(22)30-25(21)24(17)23-16-20(12-15-29(23)5)19-10-13-27(3,4)14-11-19;1-19-8-6-7-11-23(19)27-17-25(24-16-20-12-14-22(24)15-13-20)26(18-28(27)2)21-9-4-3-5-10-21;1-18-8-6-7-11-22(18)26-16-24(23-15-19-12-13-21(23)14-19)25(17-27(26)2)20-9-4-3-5-10-20/h8-15H,1-7H3;6-9,12,15-16,19H,10-11,13-14H2,1-5H3;3-11,17-18,20,22,24H,12-16H2,1-2H3;3-11,16-17,19,21,23H,12-15H2,1-2H3/q4*+1/i2D3,4D3;;;. The summed E-state index contributed by atoms with van der Waals surface area (Å²) in [7, 11) is 8.34. The van der Waals surface area contributed by atoms with Crippen molar-refractivity contribution in [1.82, 2.24) is 9.97 Å². The van der Waals surface area contributed by atoms with Crippen LogP contribution in [0.2, 0.25) is 0 Å². The fourth-order valence-electron chi connectivity index (χ4n) is 20.7. The number of furan rings is 2. The lowest BCUT2D eigenvalue weighted by atomic mass is 9.62. The lowest BCUT2D eigenvalue weighted by Gasteiger charge is -2.43. The number of rotatable bonds is 10. The molecule has 6 saturated carbocycles. The van der Waals surface area contributed by atoms with Crippen molar-refractivity contribution in [3.8, 4) is 78.4 Å². The van der Waals surface area contributed by atoms with Crippen LogP contribution in [-0.4, -0.2) is 9.97 Å². The molecule has 6 aliphatic carbocycles. The summed E-state index contributed by atoms with van der Waals surface area (Å²) in [5.74, 6) is 5.74. The van der Waals surface area contributed by atoms with Crippen LogP contribution < -0.4 is 18.3 Å². The van der Waals surface area contributed by atoms with Crippen LogP contribution in [0.5, 0.6) is 0 Å². The monoisotopic (exact) mass is 1550 g/mol. The molecule has 6 aliphatic rings. The average molecular weight is 1550 g/mol. The van der Waals surface area contributed by atoms with Crippen LogP contribution in [0.4, 0.5) is 0 Å². The first-order valence-electron chi connectivity index (χ1n) is 46.0. The van der Waals surface area contributed by atoms with Gasteiger partial charge in [-0.25, -0.2) is 28.2 Å². The highest BCUT2D eigenvalue weighted by Gasteiger charge is 2.43. The maximum atomic E-state index is 8.26. The van der Waals surface area contributed by atoms with Crippen LogP contribution in [0.1, 0.15) is 196 Å². The lowest BCUT2D eigenvalue weighted by Crippen LogP contribution is -2.34. The Hall–Kier alpha value is -11.0. The van der Waals surface area contributed by atoms with E-state index in [1.165, 1.54) is 162 Å². The molecule has 8 heteroatoms. The molecule has 7 aromatic carbocycles. The normalized spacial score (nSPS) is 19.7. The third kappa shape index (κ3) is 15.6. The van der Waals surface area contributed by atoms with E-state index in [1.54, 1.807) is 34.9 Å². The average Bonchev–Trinajstić information content (AvgIpc) is 1.65. The van der Waals surface area contributed by atoms with Gasteiger partial charge in [-0.1, -0.05) is 167 Å². The first-order valence-corrected chi connectivity index (χ1v) is 43.0. The number of aryl methyl sites for hydroxylation is 13. The minimum Gasteiger partial charge on any atom is -0.437 e. The van der Waals surface area contributed by atoms with Crippen LogP contribution in [0.15, 0.2) is 234 Å². The molecule has 0 spiro atoms. The van der Waals surface area contributed by atoms with Crippen LogP contribution in [0.25, 0.3) is 123 Å². The van der Waals surface area contributed by atoms with Crippen LogP contribution in [-0.2, 0) is 28.2 Å². The van der Waals surface area contributed by atoms with E-state index < -0.39 is 13.7 Å². The van der Waals surface area contributed by atoms with Crippen molar-refractivity contribution in [2.24, 2.45) is 57.3 Å². The zero-order valence-corrected chi connectivity index (χ0v) is 71.1. The van der Waals surface area contributed by atoms with Crippen LogP contribution >= 0.6 is 0 Å². The van der Waals surface area contributed by atoms with Gasteiger partial charge in [-0.15, -0.1) is 0 Å². The van der Waals surface area contributed by atoms with E-state index in [4.69, 9.17) is 17.1 Å². The van der Waals surface area contributed by atoms with Gasteiger partial charge in [-0.2, -0.15) is 0 Å². The predicted octanol–water partition coefficient (Wildman–Crippen LogP) is 26.3. The number of hydrogen-bond donors (Lipinski definition) is 0. The molecule has 6 fully saturated rings. The SMILES string of the molecule is Cc1ccc2c(n1)oc1c(-c3cc(C4CCC(C)(C)CC4)cc[n+]3C)c(C)ccc12.Cc1ccccc1-c1cc(C2CC3CCC2C3)c(-c2ccccc2)c[n+]1C.Cc1ccccc1-c1cc(C2CC3CCC2CC3)c(-c2ccccc2)c[n+]1C.[2H]C([2H])([2H])c1c[n+](C)c(-c2c(C)ccc3c2oc2nc(C)ccc23)cc1-c1cc(C)c(C)c(C([2H])([2H])[2H])c1. The van der Waals surface area contributed by atoms with E-state index in [0.29, 0.717) is 45.2 Å². The highest BCUT2D eigenvalue weighted by atomic mass is 16.3. The van der Waals surface area contributed by atoms with E-state index >= 15 is 0 Å². The van der Waals surface area contributed by atoms with E-state index in [-0.39, 0.29) is 11.1 Å². The molecule has 0 N–H and O–H groups in total. The number of hydrogen-bond acceptors (Lipinski definition) is 4. The Morgan fingerprint density at radius 3 is 1.33 bits per heavy atom. The van der Waals surface area contributed by atoms with Gasteiger partial charge in [0.05, 0.1) is 11.1 Å². The smallest absolute Gasteiger partial charge is 0.227 e. The van der Waals surface area contributed by atoms with Crippen molar-refractivity contribution in [1.29, 1.82) is 0 Å². The topological polar surface area (TPSA) is 67.6 Å². The largest absolute Gasteiger partial charge is 0.437 e. The first-order chi connectivity index (χ1) is 58.9.